The van der Waals surface area contributed by atoms with Gasteiger partial charge in [-0.15, -0.1) is 0 Å². The van der Waals surface area contributed by atoms with E-state index >= 15 is 0 Å². The maximum Gasteiger partial charge on any atom is 0.277 e. The molecule has 2 aromatic rings. The van der Waals surface area contributed by atoms with Crippen LogP contribution in [0.2, 0.25) is 0 Å². The summed E-state index contributed by atoms with van der Waals surface area (Å²) >= 11 is 0. The monoisotopic (exact) mass is 392 g/mol. The van der Waals surface area contributed by atoms with Crippen molar-refractivity contribution in [1.82, 2.24) is 9.97 Å². The van der Waals surface area contributed by atoms with E-state index in [4.69, 9.17) is 0 Å². The molecule has 5 rings (SSSR count). The number of rotatable bonds is 3. The minimum Gasteiger partial charge on any atom is -0.369 e. The molecule has 3 aliphatic rings. The molecule has 1 aromatic heterocycles. The van der Waals surface area contributed by atoms with Crippen molar-refractivity contribution in [3.63, 3.8) is 0 Å². The van der Waals surface area contributed by atoms with Gasteiger partial charge in [0, 0.05) is 42.5 Å². The molecule has 6 heteroatoms. The normalized spacial score (nSPS) is 21.8. The van der Waals surface area contributed by atoms with E-state index in [-0.39, 0.29) is 17.2 Å². The Hall–Kier alpha value is -2.63. The third-order valence-electron chi connectivity index (χ3n) is 6.50. The van der Waals surface area contributed by atoms with Crippen molar-refractivity contribution >= 4 is 17.3 Å². The summed E-state index contributed by atoms with van der Waals surface area (Å²) in [5, 5.41) is 0. The summed E-state index contributed by atoms with van der Waals surface area (Å²) in [6.45, 7) is 4.06. The van der Waals surface area contributed by atoms with Crippen LogP contribution in [-0.2, 0) is 6.42 Å². The fourth-order valence-corrected chi connectivity index (χ4v) is 4.73. The van der Waals surface area contributed by atoms with E-state index < -0.39 is 0 Å². The van der Waals surface area contributed by atoms with Crippen LogP contribution in [0.15, 0.2) is 29.1 Å². The van der Waals surface area contributed by atoms with Crippen molar-refractivity contribution < 1.29 is 4.79 Å². The molecule has 2 fully saturated rings. The number of amides is 1. The second-order valence-electron chi connectivity index (χ2n) is 8.70. The average Bonchev–Trinajstić information content (AvgIpc) is 3.58. The topological polar surface area (TPSA) is 69.3 Å². The average molecular weight is 393 g/mol. The molecule has 1 amide bonds. The minimum atomic E-state index is -0.239. The van der Waals surface area contributed by atoms with Gasteiger partial charge in [0.1, 0.15) is 11.5 Å². The van der Waals surface area contributed by atoms with E-state index in [2.05, 4.69) is 40.0 Å². The number of aryl methyl sites for hydroxylation is 1. The zero-order chi connectivity index (χ0) is 20.0. The third kappa shape index (κ3) is 3.56. The highest BCUT2D eigenvalue weighted by atomic mass is 16.2. The van der Waals surface area contributed by atoms with Crippen molar-refractivity contribution in [2.24, 2.45) is 0 Å². The number of fused-ring (bicyclic) bond motifs is 1. The first-order chi connectivity index (χ1) is 14.1. The first-order valence-electron chi connectivity index (χ1n) is 10.9. The molecular formula is C23H28N4O2. The van der Waals surface area contributed by atoms with Crippen LogP contribution in [0.3, 0.4) is 0 Å². The van der Waals surface area contributed by atoms with Gasteiger partial charge in [-0.25, -0.2) is 4.98 Å². The van der Waals surface area contributed by atoms with Gasteiger partial charge in [-0.3, -0.25) is 9.59 Å². The molecule has 1 saturated heterocycles. The van der Waals surface area contributed by atoms with Gasteiger partial charge in [0.15, 0.2) is 0 Å². The Morgan fingerprint density at radius 3 is 2.76 bits per heavy atom. The molecule has 0 spiro atoms. The lowest BCUT2D eigenvalue weighted by Gasteiger charge is -2.37. The molecule has 1 aliphatic carbocycles. The van der Waals surface area contributed by atoms with Crippen molar-refractivity contribution in [2.75, 3.05) is 22.9 Å². The lowest BCUT2D eigenvalue weighted by molar-refractivity contribution is 0.0979. The fourth-order valence-electron chi connectivity index (χ4n) is 4.73. The highest BCUT2D eigenvalue weighted by Gasteiger charge is 2.30. The number of carbonyl (C=O) groups excluding carboxylic acids is 1. The molecule has 1 saturated carbocycles. The Kier molecular flexibility index (Phi) is 4.64. The zero-order valence-electron chi connectivity index (χ0n) is 17.0. The van der Waals surface area contributed by atoms with Gasteiger partial charge >= 0.3 is 0 Å². The van der Waals surface area contributed by atoms with Gasteiger partial charge in [-0.05, 0) is 75.6 Å². The SMILES string of the molecule is CC1CCCCN1c1ccc2c(c1)CCCN2C(=O)c1cc(=O)[nH]c(C2CC2)n1. The Balaban J connectivity index is 1.45. The number of anilines is 2. The maximum absolute atomic E-state index is 13.2. The second kappa shape index (κ2) is 7.32. The van der Waals surface area contributed by atoms with E-state index in [0.29, 0.717) is 24.3 Å². The van der Waals surface area contributed by atoms with Crippen molar-refractivity contribution in [3.8, 4) is 0 Å². The van der Waals surface area contributed by atoms with Crippen LogP contribution in [0.4, 0.5) is 11.4 Å². The number of benzene rings is 1. The van der Waals surface area contributed by atoms with Crippen LogP contribution < -0.4 is 15.4 Å². The fraction of sp³-hybridized carbons (Fsp3) is 0.522. The Morgan fingerprint density at radius 1 is 1.10 bits per heavy atom. The number of hydrogen-bond donors (Lipinski definition) is 1. The third-order valence-corrected chi connectivity index (χ3v) is 6.50. The smallest absolute Gasteiger partial charge is 0.277 e. The molecule has 6 nitrogen and oxygen atoms in total. The first kappa shape index (κ1) is 18.4. The zero-order valence-corrected chi connectivity index (χ0v) is 17.0. The summed E-state index contributed by atoms with van der Waals surface area (Å²) in [6.07, 6.45) is 7.75. The van der Waals surface area contributed by atoms with E-state index in [9.17, 15) is 9.59 Å². The number of aromatic nitrogens is 2. The summed E-state index contributed by atoms with van der Waals surface area (Å²) in [4.78, 5) is 36.9. The summed E-state index contributed by atoms with van der Waals surface area (Å²) in [5.74, 6) is 0.795. The number of hydrogen-bond acceptors (Lipinski definition) is 4. The predicted molar refractivity (Wildman–Crippen MR) is 114 cm³/mol. The van der Waals surface area contributed by atoms with Crippen LogP contribution in [0, 0.1) is 0 Å². The van der Waals surface area contributed by atoms with Crippen LogP contribution in [0.1, 0.15) is 73.2 Å². The van der Waals surface area contributed by atoms with E-state index in [1.54, 1.807) is 4.90 Å². The van der Waals surface area contributed by atoms with E-state index in [0.717, 1.165) is 37.9 Å². The molecule has 0 bridgehead atoms. The number of H-pyrrole nitrogens is 1. The molecule has 152 valence electrons. The summed E-state index contributed by atoms with van der Waals surface area (Å²) in [6, 6.07) is 8.39. The molecular weight excluding hydrogens is 364 g/mol. The lowest BCUT2D eigenvalue weighted by atomic mass is 9.98. The predicted octanol–water partition coefficient (Wildman–Crippen LogP) is 3.62. The van der Waals surface area contributed by atoms with Gasteiger partial charge in [0.05, 0.1) is 0 Å². The molecule has 0 radical (unpaired) electrons. The molecule has 29 heavy (non-hydrogen) atoms. The van der Waals surface area contributed by atoms with Crippen molar-refractivity contribution in [1.29, 1.82) is 0 Å². The number of aromatic amines is 1. The lowest BCUT2D eigenvalue weighted by Crippen LogP contribution is -2.38. The number of nitrogens with one attached hydrogen (secondary N) is 1. The van der Waals surface area contributed by atoms with Crippen LogP contribution in [0.25, 0.3) is 0 Å². The number of piperidine rings is 1. The summed E-state index contributed by atoms with van der Waals surface area (Å²) in [5.41, 5.74) is 3.46. The molecule has 1 atom stereocenters. The molecule has 1 aromatic carbocycles. The first-order valence-corrected chi connectivity index (χ1v) is 10.9. The number of carbonyl (C=O) groups is 1. The summed E-state index contributed by atoms with van der Waals surface area (Å²) in [7, 11) is 0. The quantitative estimate of drug-likeness (QED) is 0.866. The van der Waals surface area contributed by atoms with Crippen LogP contribution >= 0.6 is 0 Å². The van der Waals surface area contributed by atoms with Crippen LogP contribution in [-0.4, -0.2) is 35.0 Å². The standard InChI is InChI=1S/C23H28N4O2/c1-15-5-2-3-11-26(15)18-9-10-20-17(13-18)6-4-12-27(20)23(29)19-14-21(28)25-22(24-19)16-7-8-16/h9-10,13-16H,2-8,11-12H2,1H3,(H,24,25,28). The van der Waals surface area contributed by atoms with Gasteiger partial charge in [-0.1, -0.05) is 0 Å². The molecule has 1 N–H and O–H groups in total. The Labute approximate surface area is 170 Å². The second-order valence-corrected chi connectivity index (χ2v) is 8.70. The highest BCUT2D eigenvalue weighted by Crippen LogP contribution is 2.38. The minimum absolute atomic E-state index is 0.168. The van der Waals surface area contributed by atoms with Crippen molar-refractivity contribution in [3.05, 3.63) is 51.7 Å². The van der Waals surface area contributed by atoms with Gasteiger partial charge < -0.3 is 14.8 Å². The van der Waals surface area contributed by atoms with Gasteiger partial charge in [0.25, 0.3) is 11.5 Å². The van der Waals surface area contributed by atoms with Crippen molar-refractivity contribution in [2.45, 2.75) is 63.8 Å². The van der Waals surface area contributed by atoms with Gasteiger partial charge in [0.2, 0.25) is 0 Å². The Bertz CT molecular complexity index is 995. The molecule has 1 unspecified atom stereocenters. The highest BCUT2D eigenvalue weighted by molar-refractivity contribution is 6.05. The molecule has 2 aliphatic heterocycles. The number of nitrogens with zero attached hydrogens (tertiary/aromatic N) is 3. The largest absolute Gasteiger partial charge is 0.369 e. The Morgan fingerprint density at radius 2 is 1.97 bits per heavy atom. The van der Waals surface area contributed by atoms with Gasteiger partial charge in [-0.2, -0.15) is 0 Å². The summed E-state index contributed by atoms with van der Waals surface area (Å²) < 4.78 is 0. The van der Waals surface area contributed by atoms with E-state index in [1.165, 1.54) is 36.6 Å². The maximum atomic E-state index is 13.2. The van der Waals surface area contributed by atoms with Crippen LogP contribution in [0.5, 0.6) is 0 Å². The van der Waals surface area contributed by atoms with E-state index in [1.807, 2.05) is 0 Å². The molecule has 3 heterocycles.